The summed E-state index contributed by atoms with van der Waals surface area (Å²) in [6, 6.07) is 14.1. The van der Waals surface area contributed by atoms with Crippen molar-refractivity contribution in [3.63, 3.8) is 0 Å². The van der Waals surface area contributed by atoms with E-state index in [4.69, 9.17) is 0 Å². The van der Waals surface area contributed by atoms with Crippen molar-refractivity contribution in [3.8, 4) is 11.1 Å². The summed E-state index contributed by atoms with van der Waals surface area (Å²) in [6.07, 6.45) is 3.74. The Labute approximate surface area is 139 Å². The molecular weight excluding hydrogens is 294 g/mol. The fourth-order valence-corrected chi connectivity index (χ4v) is 2.93. The number of halogens is 1. The van der Waals surface area contributed by atoms with Gasteiger partial charge in [0.2, 0.25) is 0 Å². The quantitative estimate of drug-likeness (QED) is 0.941. The van der Waals surface area contributed by atoms with Crippen molar-refractivity contribution < 1.29 is 0 Å². The zero-order chi connectivity index (χ0) is 14.7. The SMILES string of the molecule is CC1CN(Cc2cccc(-c3cccnc3)c2)C(C)CN1.Cl. The number of aromatic nitrogens is 1. The highest BCUT2D eigenvalue weighted by Gasteiger charge is 2.22. The van der Waals surface area contributed by atoms with Crippen molar-refractivity contribution in [1.82, 2.24) is 15.2 Å². The largest absolute Gasteiger partial charge is 0.311 e. The van der Waals surface area contributed by atoms with E-state index in [9.17, 15) is 0 Å². The van der Waals surface area contributed by atoms with Crippen LogP contribution >= 0.6 is 12.4 Å². The first-order valence-corrected chi connectivity index (χ1v) is 7.69. The Balaban J connectivity index is 0.00000176. The van der Waals surface area contributed by atoms with Crippen LogP contribution in [0, 0.1) is 0 Å². The molecule has 2 unspecified atom stereocenters. The normalized spacial score (nSPS) is 22.1. The third-order valence-corrected chi connectivity index (χ3v) is 4.20. The number of nitrogens with zero attached hydrogens (tertiary/aromatic N) is 2. The second-order valence-electron chi connectivity index (χ2n) is 6.03. The summed E-state index contributed by atoms with van der Waals surface area (Å²) in [5.74, 6) is 0. The van der Waals surface area contributed by atoms with Crippen LogP contribution in [0.2, 0.25) is 0 Å². The number of rotatable bonds is 3. The van der Waals surface area contributed by atoms with Gasteiger partial charge in [-0.2, -0.15) is 0 Å². The van der Waals surface area contributed by atoms with Gasteiger partial charge in [-0.3, -0.25) is 9.88 Å². The summed E-state index contributed by atoms with van der Waals surface area (Å²) < 4.78 is 0. The van der Waals surface area contributed by atoms with Crippen LogP contribution in [-0.2, 0) is 6.54 Å². The molecule has 4 heteroatoms. The Kier molecular flexibility index (Phi) is 5.95. The van der Waals surface area contributed by atoms with Gasteiger partial charge < -0.3 is 5.32 Å². The zero-order valence-electron chi connectivity index (χ0n) is 13.2. The van der Waals surface area contributed by atoms with Crippen LogP contribution in [0.25, 0.3) is 11.1 Å². The summed E-state index contributed by atoms with van der Waals surface area (Å²) in [5.41, 5.74) is 3.80. The van der Waals surface area contributed by atoms with Gasteiger partial charge in [0.25, 0.3) is 0 Å². The van der Waals surface area contributed by atoms with Gasteiger partial charge in [-0.05, 0) is 42.7 Å². The topological polar surface area (TPSA) is 28.2 Å². The molecule has 2 aromatic rings. The zero-order valence-corrected chi connectivity index (χ0v) is 14.0. The van der Waals surface area contributed by atoms with Crippen LogP contribution in [0.4, 0.5) is 0 Å². The molecule has 3 rings (SSSR count). The van der Waals surface area contributed by atoms with Gasteiger partial charge in [0.05, 0.1) is 0 Å². The maximum absolute atomic E-state index is 4.21. The van der Waals surface area contributed by atoms with E-state index in [2.05, 4.69) is 59.4 Å². The molecule has 0 spiro atoms. The number of benzene rings is 1. The smallest absolute Gasteiger partial charge is 0.0346 e. The molecule has 0 radical (unpaired) electrons. The third kappa shape index (κ3) is 4.07. The van der Waals surface area contributed by atoms with Crippen molar-refractivity contribution in [2.75, 3.05) is 13.1 Å². The van der Waals surface area contributed by atoms with Crippen molar-refractivity contribution in [1.29, 1.82) is 0 Å². The standard InChI is InChI=1S/C18H23N3.ClH/c1-14-12-21(15(2)10-20-14)13-16-5-3-6-17(9-16)18-7-4-8-19-11-18;/h3-9,11,14-15,20H,10,12-13H2,1-2H3;1H. The first kappa shape index (κ1) is 16.9. The maximum Gasteiger partial charge on any atom is 0.0346 e. The Morgan fingerprint density at radius 2 is 2.00 bits per heavy atom. The Morgan fingerprint density at radius 3 is 2.77 bits per heavy atom. The number of hydrogen-bond donors (Lipinski definition) is 1. The summed E-state index contributed by atoms with van der Waals surface area (Å²) in [4.78, 5) is 6.77. The lowest BCUT2D eigenvalue weighted by Crippen LogP contribution is -2.53. The van der Waals surface area contributed by atoms with Gasteiger partial charge in [-0.1, -0.05) is 24.3 Å². The summed E-state index contributed by atoms with van der Waals surface area (Å²) in [6.45, 7) is 7.75. The molecule has 1 aromatic carbocycles. The van der Waals surface area contributed by atoms with Crippen molar-refractivity contribution in [2.24, 2.45) is 0 Å². The van der Waals surface area contributed by atoms with Crippen LogP contribution in [0.5, 0.6) is 0 Å². The third-order valence-electron chi connectivity index (χ3n) is 4.20. The van der Waals surface area contributed by atoms with Crippen molar-refractivity contribution in [3.05, 3.63) is 54.4 Å². The lowest BCUT2D eigenvalue weighted by atomic mass is 10.0. The predicted octanol–water partition coefficient (Wildman–Crippen LogP) is 3.35. The van der Waals surface area contributed by atoms with Gasteiger partial charge in [0.15, 0.2) is 0 Å². The molecule has 1 N–H and O–H groups in total. The van der Waals surface area contributed by atoms with Gasteiger partial charge in [-0.25, -0.2) is 0 Å². The number of pyridine rings is 1. The van der Waals surface area contributed by atoms with Crippen LogP contribution < -0.4 is 5.32 Å². The molecule has 2 heterocycles. The van der Waals surface area contributed by atoms with E-state index in [1.807, 2.05) is 18.5 Å². The van der Waals surface area contributed by atoms with Gasteiger partial charge >= 0.3 is 0 Å². The predicted molar refractivity (Wildman–Crippen MR) is 94.3 cm³/mol. The number of piperazine rings is 1. The monoisotopic (exact) mass is 317 g/mol. The van der Waals surface area contributed by atoms with Gasteiger partial charge in [0, 0.05) is 44.1 Å². The minimum Gasteiger partial charge on any atom is -0.311 e. The molecule has 0 saturated carbocycles. The van der Waals surface area contributed by atoms with E-state index in [1.165, 1.54) is 16.7 Å². The van der Waals surface area contributed by atoms with E-state index in [1.54, 1.807) is 0 Å². The fourth-order valence-electron chi connectivity index (χ4n) is 2.93. The number of hydrogen-bond acceptors (Lipinski definition) is 3. The second kappa shape index (κ2) is 7.73. The molecule has 2 atom stereocenters. The van der Waals surface area contributed by atoms with Crippen LogP contribution in [0.3, 0.4) is 0 Å². The highest BCUT2D eigenvalue weighted by molar-refractivity contribution is 5.85. The van der Waals surface area contributed by atoms with Gasteiger partial charge in [0.1, 0.15) is 0 Å². The fraction of sp³-hybridized carbons (Fsp3) is 0.389. The highest BCUT2D eigenvalue weighted by Crippen LogP contribution is 2.21. The molecule has 0 bridgehead atoms. The average Bonchev–Trinajstić information content (AvgIpc) is 2.52. The second-order valence-corrected chi connectivity index (χ2v) is 6.03. The Hall–Kier alpha value is -1.42. The van der Waals surface area contributed by atoms with E-state index in [0.717, 1.165) is 19.6 Å². The lowest BCUT2D eigenvalue weighted by molar-refractivity contribution is 0.139. The Bertz CT molecular complexity index is 588. The molecule has 3 nitrogen and oxygen atoms in total. The van der Waals surface area contributed by atoms with E-state index >= 15 is 0 Å². The van der Waals surface area contributed by atoms with Crippen LogP contribution in [-0.4, -0.2) is 35.1 Å². The van der Waals surface area contributed by atoms with E-state index in [-0.39, 0.29) is 12.4 Å². The van der Waals surface area contributed by atoms with Crippen LogP contribution in [0.15, 0.2) is 48.8 Å². The van der Waals surface area contributed by atoms with Crippen molar-refractivity contribution in [2.45, 2.75) is 32.5 Å². The molecule has 1 aliphatic heterocycles. The molecule has 118 valence electrons. The number of nitrogens with one attached hydrogen (secondary N) is 1. The molecule has 1 aromatic heterocycles. The first-order valence-electron chi connectivity index (χ1n) is 7.69. The average molecular weight is 318 g/mol. The minimum absolute atomic E-state index is 0. The molecule has 0 aliphatic carbocycles. The maximum atomic E-state index is 4.21. The van der Waals surface area contributed by atoms with Gasteiger partial charge in [-0.15, -0.1) is 12.4 Å². The van der Waals surface area contributed by atoms with Crippen molar-refractivity contribution >= 4 is 12.4 Å². The summed E-state index contributed by atoms with van der Waals surface area (Å²) >= 11 is 0. The molecule has 1 aliphatic rings. The highest BCUT2D eigenvalue weighted by atomic mass is 35.5. The van der Waals surface area contributed by atoms with Crippen LogP contribution in [0.1, 0.15) is 19.4 Å². The Morgan fingerprint density at radius 1 is 1.18 bits per heavy atom. The molecule has 1 saturated heterocycles. The first-order chi connectivity index (χ1) is 10.2. The molecule has 22 heavy (non-hydrogen) atoms. The lowest BCUT2D eigenvalue weighted by Gasteiger charge is -2.37. The van der Waals surface area contributed by atoms with E-state index < -0.39 is 0 Å². The summed E-state index contributed by atoms with van der Waals surface area (Å²) in [7, 11) is 0. The van der Waals surface area contributed by atoms with E-state index in [0.29, 0.717) is 12.1 Å². The molecule has 1 fully saturated rings. The molecular formula is C18H24ClN3. The molecule has 0 amide bonds. The minimum atomic E-state index is 0. The summed E-state index contributed by atoms with van der Waals surface area (Å²) in [5, 5.41) is 3.53.